The highest BCUT2D eigenvalue weighted by atomic mass is 16.5. The molecule has 1 fully saturated rings. The predicted octanol–water partition coefficient (Wildman–Crippen LogP) is 4.59. The molecule has 1 aromatic heterocycles. The third-order valence-electron chi connectivity index (χ3n) is 6.32. The number of aromatic nitrogens is 1. The molecule has 34 heavy (non-hydrogen) atoms. The van der Waals surface area contributed by atoms with Gasteiger partial charge in [0.15, 0.2) is 0 Å². The number of nitrogens with one attached hydrogen (secondary N) is 2. The molecule has 1 aliphatic rings. The number of fused-ring (bicyclic) bond motifs is 1. The molecule has 0 spiro atoms. The van der Waals surface area contributed by atoms with Gasteiger partial charge in [0.2, 0.25) is 0 Å². The van der Waals surface area contributed by atoms with Gasteiger partial charge in [-0.1, -0.05) is 32.6 Å². The second-order valence-electron chi connectivity index (χ2n) is 8.82. The van der Waals surface area contributed by atoms with Gasteiger partial charge in [0.05, 0.1) is 25.2 Å². The minimum Gasteiger partial charge on any atom is -0.497 e. The lowest BCUT2D eigenvalue weighted by molar-refractivity contribution is -0.150. The van der Waals surface area contributed by atoms with Gasteiger partial charge in [-0.3, -0.25) is 10.1 Å². The number of nitrogens with zero attached hydrogens (tertiary/aromatic N) is 2. The molecule has 1 saturated heterocycles. The first-order valence-electron chi connectivity index (χ1n) is 12.4. The molecule has 0 bridgehead atoms. The van der Waals surface area contributed by atoms with E-state index in [1.54, 1.807) is 13.2 Å². The zero-order valence-corrected chi connectivity index (χ0v) is 20.6. The summed E-state index contributed by atoms with van der Waals surface area (Å²) >= 11 is 0. The van der Waals surface area contributed by atoms with Crippen molar-refractivity contribution in [1.82, 2.24) is 15.2 Å². The van der Waals surface area contributed by atoms with Gasteiger partial charge < -0.3 is 19.7 Å². The minimum absolute atomic E-state index is 0.249. The van der Waals surface area contributed by atoms with Crippen LogP contribution in [0.3, 0.4) is 0 Å². The fraction of sp³-hybridized carbons (Fsp3) is 0.577. The Balaban J connectivity index is 1.58. The van der Waals surface area contributed by atoms with E-state index in [2.05, 4.69) is 27.4 Å². The van der Waals surface area contributed by atoms with Gasteiger partial charge in [-0.05, 0) is 56.6 Å². The van der Waals surface area contributed by atoms with E-state index in [1.165, 1.54) is 25.7 Å². The lowest BCUT2D eigenvalue weighted by Gasteiger charge is -2.37. The highest BCUT2D eigenvalue weighted by Crippen LogP contribution is 2.22. The van der Waals surface area contributed by atoms with Gasteiger partial charge in [0.1, 0.15) is 11.6 Å². The van der Waals surface area contributed by atoms with Crippen molar-refractivity contribution < 1.29 is 19.1 Å². The smallest absolute Gasteiger partial charge is 0.320 e. The summed E-state index contributed by atoms with van der Waals surface area (Å²) in [5.74, 6) is 0.575. The van der Waals surface area contributed by atoms with Gasteiger partial charge in [0, 0.05) is 24.5 Å². The van der Waals surface area contributed by atoms with Crippen molar-refractivity contribution >= 4 is 28.7 Å². The van der Waals surface area contributed by atoms with E-state index < -0.39 is 0 Å². The molecule has 8 nitrogen and oxygen atoms in total. The maximum absolute atomic E-state index is 12.7. The fourth-order valence-corrected chi connectivity index (χ4v) is 4.44. The number of pyridine rings is 1. The van der Waals surface area contributed by atoms with E-state index in [1.807, 2.05) is 31.2 Å². The highest BCUT2D eigenvalue weighted by Gasteiger charge is 2.36. The van der Waals surface area contributed by atoms with Crippen LogP contribution < -0.4 is 15.4 Å². The van der Waals surface area contributed by atoms with Crippen LogP contribution in [0.15, 0.2) is 30.3 Å². The summed E-state index contributed by atoms with van der Waals surface area (Å²) < 4.78 is 10.6. The predicted molar refractivity (Wildman–Crippen MR) is 134 cm³/mol. The van der Waals surface area contributed by atoms with Gasteiger partial charge in [-0.2, -0.15) is 0 Å². The van der Waals surface area contributed by atoms with Crippen LogP contribution in [-0.4, -0.2) is 61.3 Å². The molecule has 0 radical (unpaired) electrons. The van der Waals surface area contributed by atoms with E-state index >= 15 is 0 Å². The van der Waals surface area contributed by atoms with Crippen LogP contribution in [0, 0.1) is 5.92 Å². The second kappa shape index (κ2) is 13.1. The number of hydrogen-bond acceptors (Lipinski definition) is 6. The lowest BCUT2D eigenvalue weighted by atomic mass is 9.92. The van der Waals surface area contributed by atoms with Crippen LogP contribution in [-0.2, 0) is 9.53 Å². The van der Waals surface area contributed by atoms with E-state index in [9.17, 15) is 9.59 Å². The number of esters is 1. The molecule has 2 aromatic rings. The van der Waals surface area contributed by atoms with E-state index in [0.29, 0.717) is 25.4 Å². The maximum Gasteiger partial charge on any atom is 0.320 e. The number of methoxy groups -OCH3 is 1. The summed E-state index contributed by atoms with van der Waals surface area (Å²) in [5.41, 5.74) is 0.759. The zero-order valence-electron chi connectivity index (χ0n) is 20.6. The number of urea groups is 1. The van der Waals surface area contributed by atoms with Crippen molar-refractivity contribution in [3.63, 3.8) is 0 Å². The van der Waals surface area contributed by atoms with Crippen LogP contribution in [0.4, 0.5) is 10.6 Å². The summed E-state index contributed by atoms with van der Waals surface area (Å²) in [6, 6.07) is 8.58. The Hall–Kier alpha value is -2.87. The number of carbonyl (C=O) groups is 2. The highest BCUT2D eigenvalue weighted by molar-refractivity contribution is 5.91. The summed E-state index contributed by atoms with van der Waals surface area (Å²) in [6.45, 7) is 6.79. The summed E-state index contributed by atoms with van der Waals surface area (Å²) in [5, 5.41) is 6.72. The van der Waals surface area contributed by atoms with Crippen molar-refractivity contribution in [2.24, 2.45) is 5.92 Å². The SMILES string of the molecule is CCCCCCCN1CC[C@@H](NC(=O)Nc2ccc3cc(OC)ccc3n2)[C@H](C(=O)OCC)C1. The number of anilines is 1. The summed E-state index contributed by atoms with van der Waals surface area (Å²) in [7, 11) is 1.62. The van der Waals surface area contributed by atoms with Crippen molar-refractivity contribution in [3.8, 4) is 5.75 Å². The summed E-state index contributed by atoms with van der Waals surface area (Å²) in [4.78, 5) is 32.2. The Morgan fingerprint density at radius 2 is 1.94 bits per heavy atom. The number of benzene rings is 1. The van der Waals surface area contributed by atoms with Gasteiger partial charge in [-0.25, -0.2) is 9.78 Å². The fourth-order valence-electron chi connectivity index (χ4n) is 4.44. The molecule has 2 atom stereocenters. The molecule has 1 aromatic carbocycles. The van der Waals surface area contributed by atoms with Gasteiger partial charge >= 0.3 is 12.0 Å². The minimum atomic E-state index is -0.382. The van der Waals surface area contributed by atoms with Crippen LogP contribution in [0.1, 0.15) is 52.4 Å². The molecule has 0 saturated carbocycles. The average molecular weight is 471 g/mol. The lowest BCUT2D eigenvalue weighted by Crippen LogP contribution is -2.54. The molecule has 8 heteroatoms. The van der Waals surface area contributed by atoms with Crippen LogP contribution >= 0.6 is 0 Å². The standard InChI is InChI=1S/C26H38N4O4/c1-4-6-7-8-9-15-30-16-14-23(21(18-30)25(31)34-5-2)28-26(32)29-24-13-10-19-17-20(33-3)11-12-22(19)27-24/h10-13,17,21,23H,4-9,14-16,18H2,1-3H3,(H2,27,28,29,32)/t21-,23-/m1/s1. The number of ether oxygens (including phenoxy) is 2. The number of hydrogen-bond donors (Lipinski definition) is 2. The van der Waals surface area contributed by atoms with Gasteiger partial charge in [0.25, 0.3) is 0 Å². The van der Waals surface area contributed by atoms with E-state index in [0.717, 1.165) is 36.2 Å². The molecule has 2 N–H and O–H groups in total. The molecule has 186 valence electrons. The van der Waals surface area contributed by atoms with Crippen molar-refractivity contribution in [3.05, 3.63) is 30.3 Å². The molecule has 3 rings (SSSR count). The van der Waals surface area contributed by atoms with Crippen LogP contribution in [0.5, 0.6) is 5.75 Å². The van der Waals surface area contributed by atoms with Crippen LogP contribution in [0.25, 0.3) is 10.9 Å². The van der Waals surface area contributed by atoms with Crippen molar-refractivity contribution in [2.45, 2.75) is 58.4 Å². The number of amides is 2. The molecular weight excluding hydrogens is 432 g/mol. The van der Waals surface area contributed by atoms with Crippen molar-refractivity contribution in [2.75, 3.05) is 38.7 Å². The molecule has 0 unspecified atom stereocenters. The Kier molecular flexibility index (Phi) is 9.94. The zero-order chi connectivity index (χ0) is 24.3. The molecule has 2 amide bonds. The third-order valence-corrected chi connectivity index (χ3v) is 6.32. The Labute approximate surface area is 202 Å². The number of unbranched alkanes of at least 4 members (excludes halogenated alkanes) is 4. The van der Waals surface area contributed by atoms with E-state index in [4.69, 9.17) is 9.47 Å². The first-order valence-corrected chi connectivity index (χ1v) is 12.4. The second-order valence-corrected chi connectivity index (χ2v) is 8.82. The first kappa shape index (κ1) is 25.7. The molecule has 2 heterocycles. The van der Waals surface area contributed by atoms with Gasteiger partial charge in [-0.15, -0.1) is 0 Å². The topological polar surface area (TPSA) is 92.8 Å². The molecular formula is C26H38N4O4. The number of piperidine rings is 1. The quantitative estimate of drug-likeness (QED) is 0.369. The third kappa shape index (κ3) is 7.32. The molecule has 0 aliphatic carbocycles. The number of likely N-dealkylation sites (tertiary alicyclic amines) is 1. The normalized spacial score (nSPS) is 18.4. The van der Waals surface area contributed by atoms with E-state index in [-0.39, 0.29) is 24.0 Å². The Morgan fingerprint density at radius 3 is 2.71 bits per heavy atom. The summed E-state index contributed by atoms with van der Waals surface area (Å²) in [6.07, 6.45) is 6.81. The number of carbonyl (C=O) groups excluding carboxylic acids is 2. The maximum atomic E-state index is 12.7. The largest absolute Gasteiger partial charge is 0.497 e. The first-order chi connectivity index (χ1) is 16.5. The van der Waals surface area contributed by atoms with Crippen LogP contribution in [0.2, 0.25) is 0 Å². The molecule has 1 aliphatic heterocycles. The number of rotatable bonds is 11. The Bertz CT molecular complexity index is 952. The monoisotopic (exact) mass is 470 g/mol. The Morgan fingerprint density at radius 1 is 1.12 bits per heavy atom. The van der Waals surface area contributed by atoms with Crippen molar-refractivity contribution in [1.29, 1.82) is 0 Å². The average Bonchev–Trinajstić information content (AvgIpc) is 2.84.